The third-order valence-electron chi connectivity index (χ3n) is 2.41. The minimum atomic E-state index is -0.896. The fraction of sp³-hybridized carbons (Fsp3) is 0.250. The minimum absolute atomic E-state index is 0.0475. The van der Waals surface area contributed by atoms with Crippen LogP contribution < -0.4 is 5.32 Å². The maximum absolute atomic E-state index is 13.1. The summed E-state index contributed by atoms with van der Waals surface area (Å²) in [4.78, 5) is 10.5. The van der Waals surface area contributed by atoms with Crippen LogP contribution in [0.1, 0.15) is 18.5 Å². The van der Waals surface area contributed by atoms with Crippen molar-refractivity contribution in [2.45, 2.75) is 17.3 Å². The van der Waals surface area contributed by atoms with E-state index in [0.717, 1.165) is 17.3 Å². The number of aliphatic carboxylic acids is 1. The Morgan fingerprint density at radius 3 is 3.05 bits per heavy atom. The maximum Gasteiger partial charge on any atom is 0.313 e. The Labute approximate surface area is 123 Å². The van der Waals surface area contributed by atoms with Crippen LogP contribution in [0.4, 0.5) is 9.52 Å². The van der Waals surface area contributed by atoms with Crippen LogP contribution >= 0.6 is 23.1 Å². The molecule has 20 heavy (non-hydrogen) atoms. The lowest BCUT2D eigenvalue weighted by atomic mass is 10.1. The molecule has 1 heterocycles. The standard InChI is InChI=1S/C12H12FN3O2S2/c1-7(8-3-2-4-9(13)5-8)14-11-15-16-12(20-11)19-6-10(17)18/h2-5,7H,6H2,1H3,(H,14,15)(H,17,18). The molecule has 0 aliphatic heterocycles. The first-order chi connectivity index (χ1) is 9.54. The van der Waals surface area contributed by atoms with E-state index < -0.39 is 5.97 Å². The molecule has 8 heteroatoms. The molecule has 1 unspecified atom stereocenters. The SMILES string of the molecule is CC(Nc1nnc(SCC(=O)O)s1)c1cccc(F)c1. The Hall–Kier alpha value is -1.67. The normalized spacial score (nSPS) is 12.1. The summed E-state index contributed by atoms with van der Waals surface area (Å²) in [7, 11) is 0. The molecular weight excluding hydrogens is 301 g/mol. The van der Waals surface area contributed by atoms with Gasteiger partial charge < -0.3 is 10.4 Å². The van der Waals surface area contributed by atoms with E-state index in [-0.39, 0.29) is 17.6 Å². The lowest BCUT2D eigenvalue weighted by Crippen LogP contribution is -2.06. The van der Waals surface area contributed by atoms with Gasteiger partial charge in [0.2, 0.25) is 5.13 Å². The third-order valence-corrected chi connectivity index (χ3v) is 4.39. The number of hydrogen-bond acceptors (Lipinski definition) is 6. The van der Waals surface area contributed by atoms with Crippen LogP contribution in [0.2, 0.25) is 0 Å². The van der Waals surface area contributed by atoms with Gasteiger partial charge in [-0.2, -0.15) is 0 Å². The fourth-order valence-electron chi connectivity index (χ4n) is 1.49. The van der Waals surface area contributed by atoms with Gasteiger partial charge in [0.25, 0.3) is 0 Å². The van der Waals surface area contributed by atoms with Crippen molar-refractivity contribution in [3.05, 3.63) is 35.6 Å². The molecular formula is C12H12FN3O2S2. The summed E-state index contributed by atoms with van der Waals surface area (Å²) in [6.07, 6.45) is 0. The van der Waals surface area contributed by atoms with Crippen molar-refractivity contribution < 1.29 is 14.3 Å². The van der Waals surface area contributed by atoms with Gasteiger partial charge in [-0.1, -0.05) is 35.2 Å². The molecule has 2 rings (SSSR count). The van der Waals surface area contributed by atoms with Crippen molar-refractivity contribution in [2.24, 2.45) is 0 Å². The van der Waals surface area contributed by atoms with E-state index in [9.17, 15) is 9.18 Å². The van der Waals surface area contributed by atoms with Gasteiger partial charge in [-0.25, -0.2) is 4.39 Å². The fourth-order valence-corrected chi connectivity index (χ4v) is 3.05. The molecule has 2 aromatic rings. The number of nitrogens with one attached hydrogen (secondary N) is 1. The topological polar surface area (TPSA) is 75.1 Å². The average Bonchev–Trinajstić information content (AvgIpc) is 2.84. The Morgan fingerprint density at radius 2 is 2.35 bits per heavy atom. The van der Waals surface area contributed by atoms with Gasteiger partial charge in [0.1, 0.15) is 5.82 Å². The number of carbonyl (C=O) groups is 1. The number of carboxylic acids is 1. The van der Waals surface area contributed by atoms with Gasteiger partial charge in [-0.05, 0) is 24.6 Å². The number of halogens is 1. The summed E-state index contributed by atoms with van der Waals surface area (Å²) in [6, 6.07) is 6.20. The summed E-state index contributed by atoms with van der Waals surface area (Å²) in [5.74, 6) is -1.23. The number of thioether (sulfide) groups is 1. The molecule has 0 aliphatic carbocycles. The molecule has 0 fully saturated rings. The van der Waals surface area contributed by atoms with Crippen molar-refractivity contribution in [2.75, 3.05) is 11.1 Å². The zero-order valence-electron chi connectivity index (χ0n) is 10.5. The second kappa shape index (κ2) is 6.67. The molecule has 0 aliphatic rings. The molecule has 1 atom stereocenters. The summed E-state index contributed by atoms with van der Waals surface area (Å²) in [5.41, 5.74) is 0.805. The summed E-state index contributed by atoms with van der Waals surface area (Å²) in [5, 5.41) is 20.1. The Bertz CT molecular complexity index is 606. The lowest BCUT2D eigenvalue weighted by molar-refractivity contribution is -0.133. The van der Waals surface area contributed by atoms with Gasteiger partial charge in [0.05, 0.1) is 11.8 Å². The minimum Gasteiger partial charge on any atom is -0.481 e. The number of hydrogen-bond donors (Lipinski definition) is 2. The summed E-state index contributed by atoms with van der Waals surface area (Å²) < 4.78 is 13.7. The van der Waals surface area contributed by atoms with Crippen molar-refractivity contribution in [1.82, 2.24) is 10.2 Å². The molecule has 0 spiro atoms. The third kappa shape index (κ3) is 4.17. The van der Waals surface area contributed by atoms with Crippen LogP contribution in [0.15, 0.2) is 28.6 Å². The number of anilines is 1. The first-order valence-corrected chi connectivity index (χ1v) is 7.55. The van der Waals surface area contributed by atoms with Gasteiger partial charge in [0.15, 0.2) is 4.34 Å². The van der Waals surface area contributed by atoms with Crippen molar-refractivity contribution in [3.63, 3.8) is 0 Å². The van der Waals surface area contributed by atoms with Crippen LogP contribution in [0.3, 0.4) is 0 Å². The van der Waals surface area contributed by atoms with E-state index in [1.54, 1.807) is 6.07 Å². The molecule has 1 aromatic carbocycles. The monoisotopic (exact) mass is 313 g/mol. The van der Waals surface area contributed by atoms with Gasteiger partial charge in [0, 0.05) is 0 Å². The molecule has 1 aromatic heterocycles. The van der Waals surface area contributed by atoms with Crippen LogP contribution in [0, 0.1) is 5.82 Å². The van der Waals surface area contributed by atoms with E-state index >= 15 is 0 Å². The number of aromatic nitrogens is 2. The second-order valence-corrected chi connectivity index (χ2v) is 6.18. The number of benzene rings is 1. The highest BCUT2D eigenvalue weighted by Crippen LogP contribution is 2.28. The predicted molar refractivity (Wildman–Crippen MR) is 76.7 cm³/mol. The van der Waals surface area contributed by atoms with E-state index in [0.29, 0.717) is 9.47 Å². The zero-order chi connectivity index (χ0) is 14.5. The Balaban J connectivity index is 1.97. The molecule has 106 valence electrons. The van der Waals surface area contributed by atoms with Gasteiger partial charge >= 0.3 is 5.97 Å². The van der Waals surface area contributed by atoms with Crippen LogP contribution in [0.25, 0.3) is 0 Å². The largest absolute Gasteiger partial charge is 0.481 e. The average molecular weight is 313 g/mol. The summed E-state index contributed by atoms with van der Waals surface area (Å²) in [6.45, 7) is 1.89. The van der Waals surface area contributed by atoms with Crippen LogP contribution in [-0.2, 0) is 4.79 Å². The Kier molecular flexibility index (Phi) is 4.91. The van der Waals surface area contributed by atoms with Crippen LogP contribution in [-0.4, -0.2) is 27.0 Å². The Morgan fingerprint density at radius 1 is 1.55 bits per heavy atom. The highest BCUT2D eigenvalue weighted by atomic mass is 32.2. The van der Waals surface area contributed by atoms with Gasteiger partial charge in [-0.15, -0.1) is 10.2 Å². The van der Waals surface area contributed by atoms with Crippen molar-refractivity contribution in [3.8, 4) is 0 Å². The molecule has 0 amide bonds. The number of rotatable bonds is 6. The first-order valence-electron chi connectivity index (χ1n) is 5.74. The highest BCUT2D eigenvalue weighted by Gasteiger charge is 2.11. The van der Waals surface area contributed by atoms with E-state index in [1.165, 1.54) is 23.5 Å². The maximum atomic E-state index is 13.1. The first kappa shape index (κ1) is 14.7. The lowest BCUT2D eigenvalue weighted by Gasteiger charge is -2.12. The van der Waals surface area contributed by atoms with Crippen LogP contribution in [0.5, 0.6) is 0 Å². The highest BCUT2D eigenvalue weighted by molar-refractivity contribution is 8.01. The smallest absolute Gasteiger partial charge is 0.313 e. The molecule has 0 bridgehead atoms. The molecule has 2 N–H and O–H groups in total. The molecule has 5 nitrogen and oxygen atoms in total. The quantitative estimate of drug-likeness (QED) is 0.799. The van der Waals surface area contributed by atoms with Gasteiger partial charge in [-0.3, -0.25) is 4.79 Å². The molecule has 0 radical (unpaired) electrons. The van der Waals surface area contributed by atoms with E-state index in [4.69, 9.17) is 5.11 Å². The number of nitrogens with zero attached hydrogens (tertiary/aromatic N) is 2. The number of carboxylic acid groups (broad SMARTS) is 1. The summed E-state index contributed by atoms with van der Waals surface area (Å²) >= 11 is 2.39. The second-order valence-electron chi connectivity index (χ2n) is 3.98. The van der Waals surface area contributed by atoms with Crippen molar-refractivity contribution in [1.29, 1.82) is 0 Å². The van der Waals surface area contributed by atoms with E-state index in [2.05, 4.69) is 15.5 Å². The zero-order valence-corrected chi connectivity index (χ0v) is 12.2. The molecule has 0 saturated carbocycles. The predicted octanol–water partition coefficient (Wildman–Crippen LogP) is 3.03. The van der Waals surface area contributed by atoms with E-state index in [1.807, 2.05) is 13.0 Å². The van der Waals surface area contributed by atoms with Crippen molar-refractivity contribution >= 4 is 34.2 Å². The molecule has 0 saturated heterocycles.